The van der Waals surface area contributed by atoms with Gasteiger partial charge in [-0.25, -0.2) is 0 Å². The van der Waals surface area contributed by atoms with Crippen molar-refractivity contribution in [2.24, 2.45) is 0 Å². The molecule has 1 fully saturated rings. The molecule has 1 heterocycles. The van der Waals surface area contributed by atoms with E-state index in [4.69, 9.17) is 0 Å². The summed E-state index contributed by atoms with van der Waals surface area (Å²) < 4.78 is 0. The number of hydrogen-bond acceptors (Lipinski definition) is 1. The van der Waals surface area contributed by atoms with E-state index in [1.165, 1.54) is 64.3 Å². The van der Waals surface area contributed by atoms with Crippen LogP contribution in [0.25, 0.3) is 0 Å². The first-order chi connectivity index (χ1) is 6.43. The third-order valence-electron chi connectivity index (χ3n) is 3.08. The lowest BCUT2D eigenvalue weighted by Gasteiger charge is -2.27. The largest absolute Gasteiger partial charge is 0.314 e. The average molecular weight is 183 g/mol. The SMILES string of the molecule is CCCCCCCCCC1CCN1. The fraction of sp³-hybridized carbons (Fsp3) is 1.00. The lowest BCUT2D eigenvalue weighted by Crippen LogP contribution is -2.42. The van der Waals surface area contributed by atoms with Crippen LogP contribution in [0.4, 0.5) is 0 Å². The molecule has 0 aromatic rings. The van der Waals surface area contributed by atoms with Crippen LogP contribution in [-0.2, 0) is 0 Å². The van der Waals surface area contributed by atoms with E-state index in [2.05, 4.69) is 12.2 Å². The molecular formula is C12H25N. The highest BCUT2D eigenvalue weighted by atomic mass is 15.0. The van der Waals surface area contributed by atoms with Gasteiger partial charge in [-0.05, 0) is 19.4 Å². The van der Waals surface area contributed by atoms with Crippen LogP contribution in [-0.4, -0.2) is 12.6 Å². The van der Waals surface area contributed by atoms with Gasteiger partial charge in [0, 0.05) is 6.04 Å². The normalized spacial score (nSPS) is 21.5. The van der Waals surface area contributed by atoms with Gasteiger partial charge in [-0.1, -0.05) is 51.9 Å². The highest BCUT2D eigenvalue weighted by molar-refractivity contribution is 4.76. The van der Waals surface area contributed by atoms with E-state index in [0.717, 1.165) is 6.04 Å². The highest BCUT2D eigenvalue weighted by Gasteiger charge is 2.14. The van der Waals surface area contributed by atoms with Gasteiger partial charge in [0.05, 0.1) is 0 Å². The fourth-order valence-corrected chi connectivity index (χ4v) is 1.94. The maximum Gasteiger partial charge on any atom is 0.00791 e. The zero-order chi connectivity index (χ0) is 9.36. The van der Waals surface area contributed by atoms with Crippen molar-refractivity contribution in [3.8, 4) is 0 Å². The third-order valence-corrected chi connectivity index (χ3v) is 3.08. The molecule has 1 heteroatoms. The molecule has 78 valence electrons. The third kappa shape index (κ3) is 5.30. The zero-order valence-corrected chi connectivity index (χ0v) is 9.15. The second-order valence-corrected chi connectivity index (χ2v) is 4.35. The van der Waals surface area contributed by atoms with Crippen LogP contribution < -0.4 is 5.32 Å². The first-order valence-electron chi connectivity index (χ1n) is 6.17. The minimum absolute atomic E-state index is 0.885. The van der Waals surface area contributed by atoms with Crippen molar-refractivity contribution in [1.29, 1.82) is 0 Å². The van der Waals surface area contributed by atoms with Crippen LogP contribution >= 0.6 is 0 Å². The molecule has 1 N–H and O–H groups in total. The van der Waals surface area contributed by atoms with Crippen molar-refractivity contribution >= 4 is 0 Å². The number of nitrogens with one attached hydrogen (secondary N) is 1. The van der Waals surface area contributed by atoms with Gasteiger partial charge in [0.1, 0.15) is 0 Å². The van der Waals surface area contributed by atoms with E-state index < -0.39 is 0 Å². The molecular weight excluding hydrogens is 158 g/mol. The minimum Gasteiger partial charge on any atom is -0.314 e. The Morgan fingerprint density at radius 2 is 1.62 bits per heavy atom. The molecule has 1 atom stereocenters. The number of unbranched alkanes of at least 4 members (excludes halogenated alkanes) is 6. The summed E-state index contributed by atoms with van der Waals surface area (Å²) in [5.41, 5.74) is 0. The van der Waals surface area contributed by atoms with Crippen LogP contribution in [0.15, 0.2) is 0 Å². The molecule has 1 unspecified atom stereocenters. The molecule has 0 radical (unpaired) electrons. The van der Waals surface area contributed by atoms with Gasteiger partial charge in [-0.2, -0.15) is 0 Å². The van der Waals surface area contributed by atoms with Crippen molar-refractivity contribution < 1.29 is 0 Å². The first kappa shape index (κ1) is 11.0. The summed E-state index contributed by atoms with van der Waals surface area (Å²) in [5.74, 6) is 0. The van der Waals surface area contributed by atoms with Gasteiger partial charge < -0.3 is 5.32 Å². The molecule has 0 amide bonds. The van der Waals surface area contributed by atoms with Crippen molar-refractivity contribution in [2.75, 3.05) is 6.54 Å². The Bertz CT molecular complexity index is 108. The molecule has 1 aliphatic rings. The molecule has 1 rings (SSSR count). The van der Waals surface area contributed by atoms with Crippen LogP contribution in [0.3, 0.4) is 0 Å². The summed E-state index contributed by atoms with van der Waals surface area (Å²) in [6.45, 7) is 3.55. The Morgan fingerprint density at radius 3 is 2.15 bits per heavy atom. The molecule has 0 spiro atoms. The highest BCUT2D eigenvalue weighted by Crippen LogP contribution is 2.13. The summed E-state index contributed by atoms with van der Waals surface area (Å²) in [4.78, 5) is 0. The van der Waals surface area contributed by atoms with Gasteiger partial charge in [-0.3, -0.25) is 0 Å². The van der Waals surface area contributed by atoms with Crippen LogP contribution in [0.1, 0.15) is 64.7 Å². The summed E-state index contributed by atoms with van der Waals surface area (Å²) in [6, 6.07) is 0.885. The molecule has 1 saturated heterocycles. The van der Waals surface area contributed by atoms with E-state index >= 15 is 0 Å². The molecule has 13 heavy (non-hydrogen) atoms. The van der Waals surface area contributed by atoms with Gasteiger partial charge >= 0.3 is 0 Å². The standard InChI is InChI=1S/C12H25N/c1-2-3-4-5-6-7-8-9-12-10-11-13-12/h12-13H,2-11H2,1H3. The van der Waals surface area contributed by atoms with Crippen molar-refractivity contribution in [3.05, 3.63) is 0 Å². The Hall–Kier alpha value is -0.0400. The zero-order valence-electron chi connectivity index (χ0n) is 9.15. The van der Waals surface area contributed by atoms with E-state index in [1.54, 1.807) is 0 Å². The molecule has 1 aliphatic heterocycles. The fourth-order valence-electron chi connectivity index (χ4n) is 1.94. The second-order valence-electron chi connectivity index (χ2n) is 4.35. The summed E-state index contributed by atoms with van der Waals surface area (Å²) in [7, 11) is 0. The Balaban J connectivity index is 1.68. The molecule has 0 aliphatic carbocycles. The van der Waals surface area contributed by atoms with Gasteiger partial charge in [0.15, 0.2) is 0 Å². The summed E-state index contributed by atoms with van der Waals surface area (Å²) >= 11 is 0. The van der Waals surface area contributed by atoms with Gasteiger partial charge in [-0.15, -0.1) is 0 Å². The lowest BCUT2D eigenvalue weighted by molar-refractivity contribution is 0.339. The van der Waals surface area contributed by atoms with Crippen molar-refractivity contribution in [2.45, 2.75) is 70.8 Å². The molecule has 1 nitrogen and oxygen atoms in total. The van der Waals surface area contributed by atoms with Crippen LogP contribution in [0, 0.1) is 0 Å². The topological polar surface area (TPSA) is 12.0 Å². The molecule has 0 aromatic heterocycles. The minimum atomic E-state index is 0.885. The monoisotopic (exact) mass is 183 g/mol. The van der Waals surface area contributed by atoms with Crippen LogP contribution in [0.2, 0.25) is 0 Å². The van der Waals surface area contributed by atoms with E-state index in [0.29, 0.717) is 0 Å². The van der Waals surface area contributed by atoms with E-state index in [1.807, 2.05) is 0 Å². The smallest absolute Gasteiger partial charge is 0.00791 e. The predicted molar refractivity (Wildman–Crippen MR) is 59.0 cm³/mol. The van der Waals surface area contributed by atoms with Crippen LogP contribution in [0.5, 0.6) is 0 Å². The van der Waals surface area contributed by atoms with E-state index in [-0.39, 0.29) is 0 Å². The maximum atomic E-state index is 3.46. The number of hydrogen-bond donors (Lipinski definition) is 1. The van der Waals surface area contributed by atoms with Crippen molar-refractivity contribution in [3.63, 3.8) is 0 Å². The Kier molecular flexibility index (Phi) is 6.26. The predicted octanol–water partition coefficient (Wildman–Crippen LogP) is 3.49. The first-order valence-corrected chi connectivity index (χ1v) is 6.17. The van der Waals surface area contributed by atoms with E-state index in [9.17, 15) is 0 Å². The molecule has 0 saturated carbocycles. The average Bonchev–Trinajstić information content (AvgIpc) is 2.07. The Morgan fingerprint density at radius 1 is 1.00 bits per heavy atom. The lowest BCUT2D eigenvalue weighted by atomic mass is 9.99. The second kappa shape index (κ2) is 7.37. The summed E-state index contributed by atoms with van der Waals surface area (Å²) in [6.07, 6.45) is 12.9. The van der Waals surface area contributed by atoms with Gasteiger partial charge in [0.2, 0.25) is 0 Å². The summed E-state index contributed by atoms with van der Waals surface area (Å²) in [5, 5.41) is 3.46. The number of rotatable bonds is 8. The Labute approximate surface area is 83.3 Å². The quantitative estimate of drug-likeness (QED) is 0.568. The molecule has 0 aromatic carbocycles. The maximum absolute atomic E-state index is 3.46. The van der Waals surface area contributed by atoms with Gasteiger partial charge in [0.25, 0.3) is 0 Å². The molecule has 0 bridgehead atoms. The van der Waals surface area contributed by atoms with Crippen molar-refractivity contribution in [1.82, 2.24) is 5.32 Å².